The average molecular weight is 819 g/mol. The number of amides is 4. The molecule has 0 unspecified atom stereocenters. The summed E-state index contributed by atoms with van der Waals surface area (Å²) in [5.74, 6) is -3.14. The third-order valence-electron chi connectivity index (χ3n) is 10.8. The van der Waals surface area contributed by atoms with E-state index in [4.69, 9.17) is 19.2 Å². The maximum Gasteiger partial charge on any atom is 0.418 e. The molecule has 6 rings (SSSR count). The Balaban J connectivity index is 1.41. The summed E-state index contributed by atoms with van der Waals surface area (Å²) in [6, 6.07) is 12.9. The van der Waals surface area contributed by atoms with Gasteiger partial charge in [-0.1, -0.05) is 61.4 Å². The number of likely N-dealkylation sites (tertiary alicyclic amines) is 1. The molecule has 0 bridgehead atoms. The number of imide groups is 1. The van der Waals surface area contributed by atoms with E-state index < -0.39 is 65.0 Å². The van der Waals surface area contributed by atoms with Crippen molar-refractivity contribution in [2.45, 2.75) is 109 Å². The van der Waals surface area contributed by atoms with Crippen LogP contribution in [-0.2, 0) is 23.9 Å². The standard InChI is InChI=1S/C46H54N6O8/c1-8-11-12-13-14-23-36(49-39(53)37-27-47-29(4)26-48-37)41(54)51-28-31(59-40-34-21-16-15-19-32(34)33-20-17-18-22-35(33)50-40)24-38(51)42(55)52(44(57)60-45(5,6)7)46(25-30(46)9-2)43(56)58-10-3/h8-9,15-22,26-27,30-31,36,38H,1-2,10-14,23-25,28H2,3-7H3,(H,49,53)/t30-,31-,36+,38+,46-/m1/s1. The number of nitrogens with zero attached hydrogens (tertiary/aromatic N) is 5. The smallest absolute Gasteiger partial charge is 0.418 e. The minimum atomic E-state index is -1.75. The molecule has 60 heavy (non-hydrogen) atoms. The molecule has 1 N–H and O–H groups in total. The second-order valence-corrected chi connectivity index (χ2v) is 16.3. The summed E-state index contributed by atoms with van der Waals surface area (Å²) in [5, 5.41) is 5.43. The minimum absolute atomic E-state index is 0.00298. The molecule has 2 aromatic carbocycles. The lowest BCUT2D eigenvalue weighted by Gasteiger charge is -2.35. The average Bonchev–Trinajstić information content (AvgIpc) is 3.80. The number of aromatic nitrogens is 3. The van der Waals surface area contributed by atoms with E-state index in [1.54, 1.807) is 34.6 Å². The van der Waals surface area contributed by atoms with E-state index in [-0.39, 0.29) is 38.1 Å². The largest absolute Gasteiger partial charge is 0.472 e. The van der Waals surface area contributed by atoms with E-state index >= 15 is 9.59 Å². The number of para-hydroxylation sites is 1. The number of unbranched alkanes of at least 4 members (excludes halogenated alkanes) is 3. The molecule has 1 aliphatic heterocycles. The summed E-state index contributed by atoms with van der Waals surface area (Å²) in [6.07, 6.45) is 7.43. The fraction of sp³-hybridized carbons (Fsp3) is 0.435. The Labute approximate surface area is 350 Å². The van der Waals surface area contributed by atoms with Crippen LogP contribution in [0.1, 0.15) is 88.8 Å². The number of aryl methyl sites for hydroxylation is 1. The van der Waals surface area contributed by atoms with Gasteiger partial charge in [0.05, 0.1) is 30.6 Å². The van der Waals surface area contributed by atoms with Crippen molar-refractivity contribution >= 4 is 51.5 Å². The number of carbonyl (C=O) groups is 5. The number of ether oxygens (including phenoxy) is 3. The van der Waals surface area contributed by atoms with Gasteiger partial charge in [0.25, 0.3) is 11.8 Å². The normalized spacial score (nSPS) is 20.2. The van der Waals surface area contributed by atoms with Gasteiger partial charge >= 0.3 is 12.1 Å². The number of carbonyl (C=O) groups excluding carboxylic acids is 5. The number of fused-ring (bicyclic) bond motifs is 3. The van der Waals surface area contributed by atoms with E-state index in [0.717, 1.165) is 40.3 Å². The molecule has 1 aliphatic carbocycles. The summed E-state index contributed by atoms with van der Waals surface area (Å²) in [4.78, 5) is 87.4. The van der Waals surface area contributed by atoms with Crippen LogP contribution in [0, 0.1) is 12.8 Å². The predicted molar refractivity (Wildman–Crippen MR) is 226 cm³/mol. The molecule has 4 amide bonds. The maximum absolute atomic E-state index is 15.3. The molecule has 14 heteroatoms. The Hall–Kier alpha value is -6.18. The molecular formula is C46H54N6O8. The molecule has 2 fully saturated rings. The molecule has 316 valence electrons. The molecule has 4 aromatic rings. The van der Waals surface area contributed by atoms with Gasteiger partial charge in [-0.15, -0.1) is 13.2 Å². The topological polar surface area (TPSA) is 170 Å². The molecule has 0 radical (unpaired) electrons. The number of pyridine rings is 1. The van der Waals surface area contributed by atoms with E-state index in [1.165, 1.54) is 23.4 Å². The highest BCUT2D eigenvalue weighted by atomic mass is 16.6. The lowest BCUT2D eigenvalue weighted by Crippen LogP contribution is -2.60. The molecule has 5 atom stereocenters. The van der Waals surface area contributed by atoms with Gasteiger partial charge in [0, 0.05) is 29.3 Å². The second kappa shape index (κ2) is 18.4. The Morgan fingerprint density at radius 3 is 2.35 bits per heavy atom. The van der Waals surface area contributed by atoms with Crippen molar-refractivity contribution in [2.24, 2.45) is 5.92 Å². The van der Waals surface area contributed by atoms with Crippen molar-refractivity contribution in [2.75, 3.05) is 13.2 Å². The van der Waals surface area contributed by atoms with Crippen LogP contribution in [0.15, 0.2) is 86.2 Å². The van der Waals surface area contributed by atoms with Gasteiger partial charge in [0.2, 0.25) is 11.8 Å². The molecule has 2 aliphatic rings. The lowest BCUT2D eigenvalue weighted by atomic mass is 10.0. The van der Waals surface area contributed by atoms with Crippen LogP contribution < -0.4 is 10.1 Å². The van der Waals surface area contributed by atoms with Gasteiger partial charge in [-0.05, 0) is 77.8 Å². The molecule has 2 aromatic heterocycles. The van der Waals surface area contributed by atoms with Crippen LogP contribution in [0.4, 0.5) is 4.79 Å². The quantitative estimate of drug-likeness (QED) is 0.0533. The zero-order chi connectivity index (χ0) is 43.2. The van der Waals surface area contributed by atoms with Crippen LogP contribution in [0.5, 0.6) is 5.88 Å². The van der Waals surface area contributed by atoms with Crippen molar-refractivity contribution in [3.63, 3.8) is 0 Å². The Morgan fingerprint density at radius 1 is 0.983 bits per heavy atom. The number of nitrogens with one attached hydrogen (secondary N) is 1. The van der Waals surface area contributed by atoms with Gasteiger partial charge in [-0.3, -0.25) is 19.4 Å². The highest BCUT2D eigenvalue weighted by Gasteiger charge is 2.69. The molecule has 0 spiro atoms. The zero-order valence-corrected chi connectivity index (χ0v) is 35.0. The van der Waals surface area contributed by atoms with Gasteiger partial charge in [-0.25, -0.2) is 24.5 Å². The number of esters is 1. The van der Waals surface area contributed by atoms with E-state index in [9.17, 15) is 14.4 Å². The second-order valence-electron chi connectivity index (χ2n) is 16.3. The van der Waals surface area contributed by atoms with E-state index in [1.807, 2.05) is 54.6 Å². The van der Waals surface area contributed by atoms with Crippen molar-refractivity contribution in [3.05, 3.63) is 97.6 Å². The number of hydrogen-bond donors (Lipinski definition) is 1. The Morgan fingerprint density at radius 2 is 1.70 bits per heavy atom. The third kappa shape index (κ3) is 9.32. The molecule has 1 saturated carbocycles. The number of hydrogen-bond acceptors (Lipinski definition) is 11. The van der Waals surface area contributed by atoms with Crippen LogP contribution in [-0.4, -0.2) is 97.0 Å². The van der Waals surface area contributed by atoms with Crippen molar-refractivity contribution < 1.29 is 38.2 Å². The predicted octanol–water partition coefficient (Wildman–Crippen LogP) is 7.04. The Kier molecular flexibility index (Phi) is 13.3. The molecule has 3 heterocycles. The van der Waals surface area contributed by atoms with Crippen molar-refractivity contribution in [1.29, 1.82) is 0 Å². The SMILES string of the molecule is C=CCCCCC[C@H](NC(=O)c1cnc(C)cn1)C(=O)N1C[C@H](Oc2nc3ccccc3c3ccccc23)C[C@H]1C(=O)N(C(=O)OC(C)(C)C)[C@]1(C(=O)OCC)C[C@H]1C=C. The van der Waals surface area contributed by atoms with E-state index in [2.05, 4.69) is 28.4 Å². The first-order valence-corrected chi connectivity index (χ1v) is 20.5. The highest BCUT2D eigenvalue weighted by molar-refractivity contribution is 6.08. The van der Waals surface area contributed by atoms with Crippen LogP contribution in [0.2, 0.25) is 0 Å². The lowest BCUT2D eigenvalue weighted by molar-refractivity contribution is -0.159. The maximum atomic E-state index is 15.3. The third-order valence-corrected chi connectivity index (χ3v) is 10.8. The Bertz CT molecular complexity index is 2270. The van der Waals surface area contributed by atoms with Gasteiger partial charge in [0.15, 0.2) is 5.54 Å². The van der Waals surface area contributed by atoms with Crippen LogP contribution in [0.25, 0.3) is 21.7 Å². The van der Waals surface area contributed by atoms with Crippen molar-refractivity contribution in [3.8, 4) is 5.88 Å². The van der Waals surface area contributed by atoms with E-state index in [0.29, 0.717) is 23.5 Å². The van der Waals surface area contributed by atoms with Gasteiger partial charge in [-0.2, -0.15) is 0 Å². The minimum Gasteiger partial charge on any atom is -0.472 e. The van der Waals surface area contributed by atoms with Gasteiger partial charge in [0.1, 0.15) is 29.5 Å². The van der Waals surface area contributed by atoms with Gasteiger partial charge < -0.3 is 24.4 Å². The summed E-state index contributed by atoms with van der Waals surface area (Å²) in [5.41, 5.74) is -1.47. The van der Waals surface area contributed by atoms with Crippen LogP contribution >= 0.6 is 0 Å². The first-order chi connectivity index (χ1) is 28.7. The summed E-state index contributed by atoms with van der Waals surface area (Å²) in [7, 11) is 0. The summed E-state index contributed by atoms with van der Waals surface area (Å²) >= 11 is 0. The zero-order valence-electron chi connectivity index (χ0n) is 35.0. The number of benzene rings is 2. The summed E-state index contributed by atoms with van der Waals surface area (Å²) < 4.78 is 17.9. The summed E-state index contributed by atoms with van der Waals surface area (Å²) in [6.45, 7) is 15.9. The number of rotatable bonds is 16. The number of allylic oxidation sites excluding steroid dienone is 1. The monoisotopic (exact) mass is 818 g/mol. The first-order valence-electron chi connectivity index (χ1n) is 20.5. The fourth-order valence-corrected chi connectivity index (χ4v) is 7.79. The van der Waals surface area contributed by atoms with Crippen LogP contribution in [0.3, 0.4) is 0 Å². The molecule has 14 nitrogen and oxygen atoms in total. The highest BCUT2D eigenvalue weighted by Crippen LogP contribution is 2.51. The molecule has 1 saturated heterocycles. The molecular weight excluding hydrogens is 765 g/mol. The fourth-order valence-electron chi connectivity index (χ4n) is 7.79. The first kappa shape index (κ1) is 43.4. The van der Waals surface area contributed by atoms with Crippen molar-refractivity contribution in [1.82, 2.24) is 30.1 Å².